The van der Waals surface area contributed by atoms with Crippen molar-refractivity contribution in [2.24, 2.45) is 0 Å². The summed E-state index contributed by atoms with van der Waals surface area (Å²) < 4.78 is 5.54. The quantitative estimate of drug-likeness (QED) is 0.251. The summed E-state index contributed by atoms with van der Waals surface area (Å²) in [6.45, 7) is 1.74. The van der Waals surface area contributed by atoms with E-state index in [2.05, 4.69) is 16.9 Å². The molecule has 1 aromatic heterocycles. The summed E-state index contributed by atoms with van der Waals surface area (Å²) in [7, 11) is 0. The molecule has 1 aliphatic heterocycles. The van der Waals surface area contributed by atoms with E-state index in [1.165, 1.54) is 70.1 Å². The molecule has 1 saturated heterocycles. The Kier molecular flexibility index (Phi) is 13.4. The second-order valence-electron chi connectivity index (χ2n) is 9.25. The number of amides is 1. The molecule has 2 rings (SSSR count). The highest BCUT2D eigenvalue weighted by molar-refractivity contribution is 5.92. The largest absolute Gasteiger partial charge is 0.394 e. The molecule has 4 atom stereocenters. The number of unbranched alkanes of at least 4 members (excludes halogenated alkanes) is 12. The van der Waals surface area contributed by atoms with Gasteiger partial charge in [0.1, 0.15) is 24.1 Å². The van der Waals surface area contributed by atoms with Gasteiger partial charge >= 0.3 is 5.69 Å². The zero-order valence-electron chi connectivity index (χ0n) is 20.5. The molecule has 0 aromatic carbocycles. The highest BCUT2D eigenvalue weighted by atomic mass is 16.6. The van der Waals surface area contributed by atoms with Crippen LogP contribution in [0, 0.1) is 0 Å². The van der Waals surface area contributed by atoms with Crippen LogP contribution >= 0.6 is 0 Å². The van der Waals surface area contributed by atoms with Crippen LogP contribution < -0.4 is 10.6 Å². The van der Waals surface area contributed by atoms with Crippen LogP contribution in [0.1, 0.15) is 96.8 Å². The number of ether oxygens (including phenoxy) is 1. The lowest BCUT2D eigenvalue weighted by atomic mass is 10.0. The number of nitrogens with zero attached hydrogens (tertiary/aromatic N) is 2. The van der Waals surface area contributed by atoms with Crippen LogP contribution in [0.2, 0.25) is 0 Å². The molecule has 0 unspecified atom stereocenters. The number of nitrogens with one attached hydrogen (secondary N) is 1. The standard InChI is InChI=1S/C25H43N3O6/c1-2-3-4-5-6-7-8-9-10-11-12-13-14-15-21(30)28(20-16-17-26-25(33)27-20)24-23(32)22(31)19(18-29)34-24/h16-17,19,22-24,29,31-32H,2-15,18H2,1H3,(H,26,27,33)/t19-,22-,23+,24-/m1/s1. The molecule has 0 aliphatic carbocycles. The van der Waals surface area contributed by atoms with Crippen LogP contribution in [0.4, 0.5) is 5.82 Å². The number of aliphatic hydroxyl groups excluding tert-OH is 3. The van der Waals surface area contributed by atoms with Gasteiger partial charge in [0.25, 0.3) is 0 Å². The fourth-order valence-electron chi connectivity index (χ4n) is 4.42. The molecule has 1 amide bonds. The van der Waals surface area contributed by atoms with E-state index in [1.807, 2.05) is 0 Å². The molecule has 0 saturated carbocycles. The Morgan fingerprint density at radius 2 is 1.53 bits per heavy atom. The minimum Gasteiger partial charge on any atom is -0.394 e. The second kappa shape index (κ2) is 16.0. The van der Waals surface area contributed by atoms with Crippen LogP contribution in [0.25, 0.3) is 0 Å². The van der Waals surface area contributed by atoms with Crippen molar-refractivity contribution < 1.29 is 24.9 Å². The van der Waals surface area contributed by atoms with Crippen molar-refractivity contribution in [1.82, 2.24) is 9.97 Å². The number of carbonyl (C=O) groups is 1. The van der Waals surface area contributed by atoms with Crippen LogP contribution in [-0.2, 0) is 9.53 Å². The van der Waals surface area contributed by atoms with E-state index in [-0.39, 0.29) is 18.1 Å². The molecule has 4 N–H and O–H groups in total. The van der Waals surface area contributed by atoms with Crippen molar-refractivity contribution in [3.05, 3.63) is 22.7 Å². The zero-order chi connectivity index (χ0) is 24.8. The van der Waals surface area contributed by atoms with Gasteiger partial charge in [-0.05, 0) is 12.5 Å². The Morgan fingerprint density at radius 3 is 2.03 bits per heavy atom. The Labute approximate surface area is 202 Å². The Morgan fingerprint density at radius 1 is 0.971 bits per heavy atom. The molecule has 0 spiro atoms. The molecule has 1 fully saturated rings. The highest BCUT2D eigenvalue weighted by Gasteiger charge is 2.47. The summed E-state index contributed by atoms with van der Waals surface area (Å²) in [6.07, 6.45) is 12.1. The lowest BCUT2D eigenvalue weighted by Crippen LogP contribution is -2.48. The predicted molar refractivity (Wildman–Crippen MR) is 130 cm³/mol. The van der Waals surface area contributed by atoms with Crippen LogP contribution in [-0.4, -0.2) is 62.3 Å². The van der Waals surface area contributed by atoms with Gasteiger partial charge in [0, 0.05) is 12.6 Å². The van der Waals surface area contributed by atoms with Gasteiger partial charge in [0.15, 0.2) is 6.23 Å². The SMILES string of the molecule is CCCCCCCCCCCCCCCC(=O)N(c1ccnc(=O)[nH]1)[C@@H]1O[C@H](CO)[C@@H](O)[C@@H]1O. The molecule has 1 aromatic rings. The minimum absolute atomic E-state index is 0.134. The number of anilines is 1. The van der Waals surface area contributed by atoms with E-state index in [0.717, 1.165) is 24.2 Å². The van der Waals surface area contributed by atoms with Gasteiger partial charge < -0.3 is 20.1 Å². The van der Waals surface area contributed by atoms with E-state index in [1.54, 1.807) is 0 Å². The monoisotopic (exact) mass is 481 g/mol. The molecule has 2 heterocycles. The van der Waals surface area contributed by atoms with Crippen LogP contribution in [0.3, 0.4) is 0 Å². The van der Waals surface area contributed by atoms with Crippen molar-refractivity contribution in [2.75, 3.05) is 11.5 Å². The first kappa shape index (κ1) is 28.4. The first-order valence-corrected chi connectivity index (χ1v) is 13.0. The summed E-state index contributed by atoms with van der Waals surface area (Å²) >= 11 is 0. The summed E-state index contributed by atoms with van der Waals surface area (Å²) in [5.74, 6) is -0.200. The number of aromatic nitrogens is 2. The van der Waals surface area contributed by atoms with Gasteiger partial charge in [-0.25, -0.2) is 9.78 Å². The van der Waals surface area contributed by atoms with Gasteiger partial charge in [0.05, 0.1) is 6.61 Å². The molecule has 194 valence electrons. The third-order valence-electron chi connectivity index (χ3n) is 6.45. The number of H-pyrrole nitrogens is 1. The van der Waals surface area contributed by atoms with Gasteiger partial charge in [0.2, 0.25) is 5.91 Å². The average molecular weight is 482 g/mol. The van der Waals surface area contributed by atoms with Gasteiger partial charge in [-0.15, -0.1) is 0 Å². The number of carbonyl (C=O) groups excluding carboxylic acids is 1. The first-order chi connectivity index (χ1) is 16.5. The van der Waals surface area contributed by atoms with Crippen molar-refractivity contribution in [2.45, 2.75) is 121 Å². The zero-order valence-corrected chi connectivity index (χ0v) is 20.5. The Hall–Kier alpha value is -1.81. The molecule has 9 heteroatoms. The number of aliphatic hydroxyl groups is 3. The maximum absolute atomic E-state index is 13.0. The molecular weight excluding hydrogens is 438 g/mol. The van der Waals surface area contributed by atoms with Gasteiger partial charge in [-0.3, -0.25) is 14.7 Å². The lowest BCUT2D eigenvalue weighted by Gasteiger charge is -2.30. The first-order valence-electron chi connectivity index (χ1n) is 13.0. The number of hydrogen-bond donors (Lipinski definition) is 4. The lowest BCUT2D eigenvalue weighted by molar-refractivity contribution is -0.123. The third kappa shape index (κ3) is 9.09. The van der Waals surface area contributed by atoms with Crippen molar-refractivity contribution in [1.29, 1.82) is 0 Å². The van der Waals surface area contributed by atoms with Crippen LogP contribution in [0.5, 0.6) is 0 Å². The molecule has 34 heavy (non-hydrogen) atoms. The number of rotatable bonds is 17. The number of hydrogen-bond acceptors (Lipinski definition) is 7. The van der Waals surface area contributed by atoms with E-state index in [9.17, 15) is 24.9 Å². The van der Waals surface area contributed by atoms with Gasteiger partial charge in [-0.2, -0.15) is 0 Å². The fraction of sp³-hybridized carbons (Fsp3) is 0.800. The van der Waals surface area contributed by atoms with E-state index >= 15 is 0 Å². The maximum atomic E-state index is 13.0. The van der Waals surface area contributed by atoms with E-state index in [0.29, 0.717) is 6.42 Å². The smallest absolute Gasteiger partial charge is 0.346 e. The molecule has 0 radical (unpaired) electrons. The maximum Gasteiger partial charge on any atom is 0.346 e. The van der Waals surface area contributed by atoms with Gasteiger partial charge in [-0.1, -0.05) is 84.0 Å². The number of aromatic amines is 1. The third-order valence-corrected chi connectivity index (χ3v) is 6.45. The molecular formula is C25H43N3O6. The minimum atomic E-state index is -1.41. The van der Waals surface area contributed by atoms with E-state index in [4.69, 9.17) is 4.74 Å². The topological polar surface area (TPSA) is 136 Å². The second-order valence-corrected chi connectivity index (χ2v) is 9.25. The summed E-state index contributed by atoms with van der Waals surface area (Å²) in [5, 5.41) is 29.9. The normalized spacial score (nSPS) is 22.2. The summed E-state index contributed by atoms with van der Waals surface area (Å²) in [5.41, 5.74) is -0.636. The van der Waals surface area contributed by atoms with Crippen LogP contribution in [0.15, 0.2) is 17.1 Å². The van der Waals surface area contributed by atoms with Crippen molar-refractivity contribution >= 4 is 11.7 Å². The molecule has 9 nitrogen and oxygen atoms in total. The predicted octanol–water partition coefficient (Wildman–Crippen LogP) is 3.02. The molecule has 1 aliphatic rings. The summed E-state index contributed by atoms with van der Waals surface area (Å²) in [4.78, 5) is 31.9. The highest BCUT2D eigenvalue weighted by Crippen LogP contribution is 2.28. The van der Waals surface area contributed by atoms with E-state index < -0.39 is 36.8 Å². The van der Waals surface area contributed by atoms with Crippen molar-refractivity contribution in [3.63, 3.8) is 0 Å². The average Bonchev–Trinajstić information content (AvgIpc) is 3.10. The molecule has 0 bridgehead atoms. The Balaban J connectivity index is 1.74. The fourth-order valence-corrected chi connectivity index (χ4v) is 4.42. The van der Waals surface area contributed by atoms with Crippen molar-refractivity contribution in [3.8, 4) is 0 Å². The Bertz CT molecular complexity index is 758. The summed E-state index contributed by atoms with van der Waals surface area (Å²) in [6, 6.07) is 1.44.